The molecule has 0 fully saturated rings. The second-order valence-electron chi connectivity index (χ2n) is 6.25. The Hall–Kier alpha value is -2.89. The Labute approximate surface area is 147 Å². The molecule has 1 atom stereocenters. The highest BCUT2D eigenvalue weighted by atomic mass is 16.1. The smallest absolute Gasteiger partial charge is 0.251 e. The fourth-order valence-corrected chi connectivity index (χ4v) is 2.95. The summed E-state index contributed by atoms with van der Waals surface area (Å²) in [5, 5.41) is 7.25. The van der Waals surface area contributed by atoms with Crippen LogP contribution in [0.3, 0.4) is 0 Å². The molecule has 2 heterocycles. The number of carbonyl (C=O) groups is 1. The minimum Gasteiger partial charge on any atom is -0.346 e. The first-order chi connectivity index (χ1) is 12.0. The first-order valence-electron chi connectivity index (χ1n) is 8.41. The number of imidazole rings is 1. The molecule has 6 nitrogen and oxygen atoms in total. The van der Waals surface area contributed by atoms with Crippen LogP contribution in [-0.2, 0) is 7.05 Å². The summed E-state index contributed by atoms with van der Waals surface area (Å²) >= 11 is 0. The van der Waals surface area contributed by atoms with Crippen molar-refractivity contribution in [1.29, 1.82) is 0 Å². The zero-order chi connectivity index (χ0) is 18.0. The van der Waals surface area contributed by atoms with Gasteiger partial charge in [-0.05, 0) is 32.4 Å². The molecule has 3 rings (SSSR count). The lowest BCUT2D eigenvalue weighted by Gasteiger charge is -2.15. The van der Waals surface area contributed by atoms with E-state index in [1.54, 1.807) is 10.9 Å². The van der Waals surface area contributed by atoms with E-state index in [0.717, 1.165) is 34.8 Å². The summed E-state index contributed by atoms with van der Waals surface area (Å²) in [6.07, 6.45) is 4.53. The van der Waals surface area contributed by atoms with Crippen molar-refractivity contribution in [3.8, 4) is 11.3 Å². The molecule has 25 heavy (non-hydrogen) atoms. The Bertz CT molecular complexity index is 876. The van der Waals surface area contributed by atoms with Crippen molar-refractivity contribution in [2.75, 3.05) is 0 Å². The van der Waals surface area contributed by atoms with Crippen LogP contribution in [0.2, 0.25) is 0 Å². The average Bonchev–Trinajstić information content (AvgIpc) is 3.17. The molecular formula is C19H23N5O. The van der Waals surface area contributed by atoms with Crippen molar-refractivity contribution >= 4 is 5.91 Å². The predicted octanol–water partition coefficient (Wildman–Crippen LogP) is 3.31. The van der Waals surface area contributed by atoms with E-state index in [9.17, 15) is 4.79 Å². The number of hydrogen-bond acceptors (Lipinski definition) is 3. The number of aryl methyl sites for hydroxylation is 3. The second kappa shape index (κ2) is 6.93. The molecule has 0 saturated heterocycles. The molecule has 2 N–H and O–H groups in total. The minimum atomic E-state index is -0.0859. The molecule has 0 aliphatic heterocycles. The van der Waals surface area contributed by atoms with Crippen molar-refractivity contribution in [3.05, 3.63) is 59.3 Å². The molecule has 0 unspecified atom stereocenters. The standard InChI is InChI=1S/C19H23N5O/c1-5-17(16-10-20-24(4)11-16)23-19(25)15-8-6-14(7-9-15)18-12(2)21-13(3)22-18/h6-11,17H,5H2,1-4H3,(H,21,22)(H,23,25)/t17-/m1/s1. The van der Waals surface area contributed by atoms with Gasteiger partial charge in [0.1, 0.15) is 5.82 Å². The van der Waals surface area contributed by atoms with Crippen molar-refractivity contribution in [3.63, 3.8) is 0 Å². The zero-order valence-electron chi connectivity index (χ0n) is 15.0. The van der Waals surface area contributed by atoms with Crippen LogP contribution in [0.25, 0.3) is 11.3 Å². The predicted molar refractivity (Wildman–Crippen MR) is 97.2 cm³/mol. The third-order valence-electron chi connectivity index (χ3n) is 4.26. The molecule has 0 radical (unpaired) electrons. The van der Waals surface area contributed by atoms with Gasteiger partial charge in [-0.2, -0.15) is 5.10 Å². The van der Waals surface area contributed by atoms with Crippen LogP contribution in [0.1, 0.15) is 46.8 Å². The van der Waals surface area contributed by atoms with Gasteiger partial charge in [0.2, 0.25) is 0 Å². The maximum absolute atomic E-state index is 12.6. The van der Waals surface area contributed by atoms with Gasteiger partial charge in [0.05, 0.1) is 17.9 Å². The first kappa shape index (κ1) is 17.0. The fourth-order valence-electron chi connectivity index (χ4n) is 2.95. The Morgan fingerprint density at radius 1 is 1.28 bits per heavy atom. The van der Waals surface area contributed by atoms with Crippen LogP contribution in [0, 0.1) is 13.8 Å². The summed E-state index contributed by atoms with van der Waals surface area (Å²) in [6.45, 7) is 5.97. The van der Waals surface area contributed by atoms with Gasteiger partial charge in [0.25, 0.3) is 5.91 Å². The van der Waals surface area contributed by atoms with E-state index in [2.05, 4.69) is 20.4 Å². The lowest BCUT2D eigenvalue weighted by atomic mass is 10.1. The lowest BCUT2D eigenvalue weighted by Crippen LogP contribution is -2.27. The maximum Gasteiger partial charge on any atom is 0.251 e. The van der Waals surface area contributed by atoms with Gasteiger partial charge in [0.15, 0.2) is 0 Å². The normalized spacial score (nSPS) is 12.2. The van der Waals surface area contributed by atoms with Gasteiger partial charge in [0, 0.05) is 35.6 Å². The molecule has 0 bridgehead atoms. The van der Waals surface area contributed by atoms with Crippen LogP contribution < -0.4 is 5.32 Å². The summed E-state index contributed by atoms with van der Waals surface area (Å²) in [4.78, 5) is 20.2. The molecular weight excluding hydrogens is 314 g/mol. The molecule has 1 aromatic carbocycles. The molecule has 6 heteroatoms. The van der Waals surface area contributed by atoms with Crippen LogP contribution in [0.4, 0.5) is 0 Å². The van der Waals surface area contributed by atoms with E-state index in [1.165, 1.54) is 0 Å². The van der Waals surface area contributed by atoms with Crippen LogP contribution in [-0.4, -0.2) is 25.7 Å². The number of rotatable bonds is 5. The molecule has 2 aromatic heterocycles. The maximum atomic E-state index is 12.6. The molecule has 0 spiro atoms. The lowest BCUT2D eigenvalue weighted by molar-refractivity contribution is 0.0935. The quantitative estimate of drug-likeness (QED) is 0.750. The first-order valence-corrected chi connectivity index (χ1v) is 8.41. The largest absolute Gasteiger partial charge is 0.346 e. The Balaban J connectivity index is 1.75. The summed E-state index contributed by atoms with van der Waals surface area (Å²) in [5.41, 5.74) is 4.59. The molecule has 130 valence electrons. The van der Waals surface area contributed by atoms with Crippen LogP contribution in [0.15, 0.2) is 36.7 Å². The topological polar surface area (TPSA) is 75.6 Å². The summed E-state index contributed by atoms with van der Waals surface area (Å²) < 4.78 is 1.74. The van der Waals surface area contributed by atoms with E-state index in [4.69, 9.17) is 0 Å². The number of nitrogens with zero attached hydrogens (tertiary/aromatic N) is 3. The molecule has 3 aromatic rings. The van der Waals surface area contributed by atoms with E-state index < -0.39 is 0 Å². The van der Waals surface area contributed by atoms with Crippen molar-refractivity contribution in [2.24, 2.45) is 7.05 Å². The minimum absolute atomic E-state index is 0.0443. The summed E-state index contributed by atoms with van der Waals surface area (Å²) in [7, 11) is 1.87. The number of hydrogen-bond donors (Lipinski definition) is 2. The highest BCUT2D eigenvalue weighted by Gasteiger charge is 2.16. The number of aromatic amines is 1. The van der Waals surface area contributed by atoms with E-state index in [1.807, 2.05) is 58.3 Å². The van der Waals surface area contributed by atoms with Crippen molar-refractivity contribution in [1.82, 2.24) is 25.1 Å². The second-order valence-corrected chi connectivity index (χ2v) is 6.25. The Morgan fingerprint density at radius 3 is 2.52 bits per heavy atom. The van der Waals surface area contributed by atoms with Gasteiger partial charge in [-0.3, -0.25) is 9.48 Å². The summed E-state index contributed by atoms with van der Waals surface area (Å²) in [5.74, 6) is 0.800. The summed E-state index contributed by atoms with van der Waals surface area (Å²) in [6, 6.07) is 7.50. The average molecular weight is 337 g/mol. The molecule has 0 saturated carbocycles. The van der Waals surface area contributed by atoms with Gasteiger partial charge in [-0.15, -0.1) is 0 Å². The van der Waals surface area contributed by atoms with E-state index >= 15 is 0 Å². The zero-order valence-corrected chi connectivity index (χ0v) is 15.0. The molecule has 0 aliphatic rings. The van der Waals surface area contributed by atoms with Crippen LogP contribution in [0.5, 0.6) is 0 Å². The Morgan fingerprint density at radius 2 is 2.00 bits per heavy atom. The third kappa shape index (κ3) is 3.63. The number of aromatic nitrogens is 4. The van der Waals surface area contributed by atoms with Gasteiger partial charge >= 0.3 is 0 Å². The molecule has 1 amide bonds. The van der Waals surface area contributed by atoms with Crippen molar-refractivity contribution in [2.45, 2.75) is 33.2 Å². The number of H-pyrrole nitrogens is 1. The number of carbonyl (C=O) groups excluding carboxylic acids is 1. The molecule has 0 aliphatic carbocycles. The van der Waals surface area contributed by atoms with Gasteiger partial charge in [-0.25, -0.2) is 4.98 Å². The monoisotopic (exact) mass is 337 g/mol. The third-order valence-corrected chi connectivity index (χ3v) is 4.26. The van der Waals surface area contributed by atoms with Crippen molar-refractivity contribution < 1.29 is 4.79 Å². The number of benzene rings is 1. The van der Waals surface area contributed by atoms with E-state index in [-0.39, 0.29) is 11.9 Å². The highest BCUT2D eigenvalue weighted by Crippen LogP contribution is 2.22. The number of nitrogens with one attached hydrogen (secondary N) is 2. The van der Waals surface area contributed by atoms with Crippen LogP contribution >= 0.6 is 0 Å². The van der Waals surface area contributed by atoms with Gasteiger partial charge in [-0.1, -0.05) is 19.1 Å². The van der Waals surface area contributed by atoms with Gasteiger partial charge < -0.3 is 10.3 Å². The van der Waals surface area contributed by atoms with E-state index in [0.29, 0.717) is 5.56 Å². The Kier molecular flexibility index (Phi) is 4.70. The highest BCUT2D eigenvalue weighted by molar-refractivity contribution is 5.94. The number of amides is 1. The SMILES string of the molecule is CC[C@@H](NC(=O)c1ccc(-c2nc(C)[nH]c2C)cc1)c1cnn(C)c1. The fraction of sp³-hybridized carbons (Fsp3) is 0.316.